The van der Waals surface area contributed by atoms with E-state index >= 15 is 0 Å². The molecule has 2 aromatic rings. The molecule has 0 spiro atoms. The fourth-order valence-corrected chi connectivity index (χ4v) is 4.73. The Morgan fingerprint density at radius 3 is 2.46 bits per heavy atom. The SMILES string of the molecule is CCOC(=O)CC1CCOc2cnc(OCC3CCN(c4cc(OC)ncc4OCC(F)(F)C(F)(F)F)CC3)cc21. The third-order valence-corrected chi connectivity index (χ3v) is 7.03. The maximum Gasteiger partial charge on any atom is 0.456 e. The summed E-state index contributed by atoms with van der Waals surface area (Å²) in [6.45, 7) is 2.01. The van der Waals surface area contributed by atoms with Crippen LogP contribution >= 0.6 is 0 Å². The van der Waals surface area contributed by atoms with Crippen molar-refractivity contribution in [2.45, 2.75) is 50.6 Å². The lowest BCUT2D eigenvalue weighted by Crippen LogP contribution is -2.42. The zero-order chi connectivity index (χ0) is 29.6. The van der Waals surface area contributed by atoms with Gasteiger partial charge < -0.3 is 28.6 Å². The number of hydrogen-bond acceptors (Lipinski definition) is 9. The van der Waals surface area contributed by atoms with Crippen molar-refractivity contribution >= 4 is 11.7 Å². The number of pyridine rings is 2. The average molecular weight is 590 g/mol. The number of alkyl halides is 5. The molecule has 2 aliphatic rings. The summed E-state index contributed by atoms with van der Waals surface area (Å²) in [4.78, 5) is 22.1. The van der Waals surface area contributed by atoms with E-state index < -0.39 is 18.7 Å². The van der Waals surface area contributed by atoms with Crippen LogP contribution in [0.3, 0.4) is 0 Å². The third kappa shape index (κ3) is 7.59. The fraction of sp³-hybridized carbons (Fsp3) is 0.593. The summed E-state index contributed by atoms with van der Waals surface area (Å²) in [6.07, 6.45) is -0.835. The lowest BCUT2D eigenvalue weighted by atomic mass is 9.91. The van der Waals surface area contributed by atoms with Gasteiger partial charge in [0, 0.05) is 36.7 Å². The molecule has 0 aliphatic carbocycles. The summed E-state index contributed by atoms with van der Waals surface area (Å²) >= 11 is 0. The van der Waals surface area contributed by atoms with E-state index in [1.54, 1.807) is 19.2 Å². The summed E-state index contributed by atoms with van der Waals surface area (Å²) in [7, 11) is 1.37. The van der Waals surface area contributed by atoms with Crippen LogP contribution in [0.25, 0.3) is 0 Å². The summed E-state index contributed by atoms with van der Waals surface area (Å²) in [5, 5.41) is 0. The molecule has 0 radical (unpaired) electrons. The molecule has 2 aliphatic heterocycles. The van der Waals surface area contributed by atoms with Gasteiger partial charge in [-0.05, 0) is 32.1 Å². The highest BCUT2D eigenvalue weighted by molar-refractivity contribution is 5.71. The van der Waals surface area contributed by atoms with Gasteiger partial charge in [-0.15, -0.1) is 0 Å². The Bertz CT molecular complexity index is 1190. The minimum atomic E-state index is -5.73. The zero-order valence-corrected chi connectivity index (χ0v) is 22.7. The van der Waals surface area contributed by atoms with Gasteiger partial charge in [-0.25, -0.2) is 9.97 Å². The second-order valence-electron chi connectivity index (χ2n) is 9.83. The van der Waals surface area contributed by atoms with Crippen LogP contribution in [-0.2, 0) is 9.53 Å². The molecule has 0 N–H and O–H groups in total. The number of piperidine rings is 1. The predicted octanol–water partition coefficient (Wildman–Crippen LogP) is 5.18. The molecule has 14 heteroatoms. The first kappa shape index (κ1) is 30.4. The van der Waals surface area contributed by atoms with E-state index in [1.807, 2.05) is 4.90 Å². The Kier molecular flexibility index (Phi) is 9.59. The van der Waals surface area contributed by atoms with Crippen LogP contribution in [0.15, 0.2) is 24.5 Å². The van der Waals surface area contributed by atoms with E-state index in [0.717, 1.165) is 11.8 Å². The molecule has 226 valence electrons. The first-order valence-electron chi connectivity index (χ1n) is 13.3. The number of aromatic nitrogens is 2. The molecule has 41 heavy (non-hydrogen) atoms. The highest BCUT2D eigenvalue weighted by atomic mass is 19.4. The van der Waals surface area contributed by atoms with Gasteiger partial charge >= 0.3 is 18.1 Å². The molecule has 0 bridgehead atoms. The average Bonchev–Trinajstić information content (AvgIpc) is 2.95. The molecule has 0 aromatic carbocycles. The maximum absolute atomic E-state index is 13.5. The molecule has 4 heterocycles. The Labute approximate surface area is 233 Å². The topological polar surface area (TPSA) is 92.2 Å². The van der Waals surface area contributed by atoms with Gasteiger partial charge in [-0.1, -0.05) is 0 Å². The fourth-order valence-electron chi connectivity index (χ4n) is 4.73. The number of carbonyl (C=O) groups excluding carboxylic acids is 1. The summed E-state index contributed by atoms with van der Waals surface area (Å²) in [6, 6.07) is 3.24. The molecule has 9 nitrogen and oxygen atoms in total. The number of ether oxygens (including phenoxy) is 5. The van der Waals surface area contributed by atoms with Gasteiger partial charge in [-0.3, -0.25) is 4.79 Å². The number of nitrogens with zero attached hydrogens (tertiary/aromatic N) is 3. The van der Waals surface area contributed by atoms with Gasteiger partial charge in [0.25, 0.3) is 0 Å². The number of anilines is 1. The van der Waals surface area contributed by atoms with Crippen molar-refractivity contribution in [2.24, 2.45) is 5.92 Å². The van der Waals surface area contributed by atoms with Gasteiger partial charge in [0.05, 0.1) is 51.4 Å². The molecule has 1 saturated heterocycles. The molecule has 0 saturated carbocycles. The number of halogens is 5. The third-order valence-electron chi connectivity index (χ3n) is 7.03. The van der Waals surface area contributed by atoms with Gasteiger partial charge in [0.2, 0.25) is 11.8 Å². The van der Waals surface area contributed by atoms with Crippen LogP contribution in [0.2, 0.25) is 0 Å². The molecule has 1 fully saturated rings. The van der Waals surface area contributed by atoms with Crippen molar-refractivity contribution in [3.63, 3.8) is 0 Å². The van der Waals surface area contributed by atoms with E-state index in [2.05, 4.69) is 9.97 Å². The second-order valence-corrected chi connectivity index (χ2v) is 9.83. The van der Waals surface area contributed by atoms with Crippen molar-refractivity contribution in [3.8, 4) is 23.3 Å². The van der Waals surface area contributed by atoms with E-state index in [-0.39, 0.29) is 35.9 Å². The Balaban J connectivity index is 1.35. The Hall–Kier alpha value is -3.58. The number of hydrogen-bond donors (Lipinski definition) is 0. The van der Waals surface area contributed by atoms with Crippen molar-refractivity contribution < 1.29 is 50.4 Å². The molecule has 1 unspecified atom stereocenters. The Morgan fingerprint density at radius 2 is 1.78 bits per heavy atom. The predicted molar refractivity (Wildman–Crippen MR) is 136 cm³/mol. The van der Waals surface area contributed by atoms with Crippen molar-refractivity contribution in [3.05, 3.63) is 30.1 Å². The molecule has 1 atom stereocenters. The first-order chi connectivity index (χ1) is 19.5. The number of rotatable bonds is 11. The van der Waals surface area contributed by atoms with E-state index in [9.17, 15) is 26.7 Å². The smallest absolute Gasteiger partial charge is 0.456 e. The summed E-state index contributed by atoms with van der Waals surface area (Å²) < 4.78 is 91.5. The largest absolute Gasteiger partial charge is 0.492 e. The van der Waals surface area contributed by atoms with Crippen LogP contribution in [0.4, 0.5) is 27.6 Å². The summed E-state index contributed by atoms with van der Waals surface area (Å²) in [5.41, 5.74) is 1.16. The molecular weight excluding hydrogens is 557 g/mol. The minimum absolute atomic E-state index is 0.0590. The van der Waals surface area contributed by atoms with Crippen molar-refractivity contribution in [1.29, 1.82) is 0 Å². The number of fused-ring (bicyclic) bond motifs is 1. The first-order valence-corrected chi connectivity index (χ1v) is 13.3. The van der Waals surface area contributed by atoms with Crippen LogP contribution in [0.1, 0.15) is 44.1 Å². The van der Waals surface area contributed by atoms with E-state index in [4.69, 9.17) is 23.7 Å². The standard InChI is InChI=1S/C27H32F5N3O6/c1-3-38-25(36)10-18-6-9-39-21-13-34-24(11-19(18)21)40-15-17-4-7-35(8-5-17)20-12-23(37-2)33-14-22(20)41-16-26(28,29)27(30,31)32/h11-14,17-18H,3-10,15-16H2,1-2H3. The monoisotopic (exact) mass is 589 g/mol. The van der Waals surface area contributed by atoms with E-state index in [1.165, 1.54) is 13.2 Å². The van der Waals surface area contributed by atoms with Crippen LogP contribution in [0.5, 0.6) is 23.3 Å². The van der Waals surface area contributed by atoms with Crippen LogP contribution in [0, 0.1) is 5.92 Å². The lowest BCUT2D eigenvalue weighted by molar-refractivity contribution is -0.289. The highest BCUT2D eigenvalue weighted by Crippen LogP contribution is 2.39. The number of carbonyl (C=O) groups is 1. The van der Waals surface area contributed by atoms with Gasteiger partial charge in [0.15, 0.2) is 12.4 Å². The lowest BCUT2D eigenvalue weighted by Gasteiger charge is -2.34. The molecule has 0 amide bonds. The van der Waals surface area contributed by atoms with Gasteiger partial charge in [-0.2, -0.15) is 22.0 Å². The maximum atomic E-state index is 13.5. The van der Waals surface area contributed by atoms with E-state index in [0.29, 0.717) is 69.5 Å². The van der Waals surface area contributed by atoms with Gasteiger partial charge in [0.1, 0.15) is 5.75 Å². The molecule has 4 rings (SSSR count). The van der Waals surface area contributed by atoms with Crippen LogP contribution in [-0.4, -0.2) is 74.7 Å². The zero-order valence-electron chi connectivity index (χ0n) is 22.7. The minimum Gasteiger partial charge on any atom is -0.492 e. The highest BCUT2D eigenvalue weighted by Gasteiger charge is 2.58. The molecular formula is C27H32F5N3O6. The quantitative estimate of drug-likeness (QED) is 0.260. The van der Waals surface area contributed by atoms with Crippen LogP contribution < -0.4 is 23.8 Å². The second kappa shape index (κ2) is 12.9. The Morgan fingerprint density at radius 1 is 1.05 bits per heavy atom. The summed E-state index contributed by atoms with van der Waals surface area (Å²) in [5.74, 6) is -4.20. The van der Waals surface area contributed by atoms with Crippen molar-refractivity contribution in [2.75, 3.05) is 51.5 Å². The molecule has 2 aromatic heterocycles. The number of esters is 1. The number of methoxy groups -OCH3 is 1. The van der Waals surface area contributed by atoms with Crippen molar-refractivity contribution in [1.82, 2.24) is 9.97 Å². The normalized spacial score (nSPS) is 17.8.